The van der Waals surface area contributed by atoms with Crippen molar-refractivity contribution in [2.45, 2.75) is 118 Å². The molecule has 1 unspecified atom stereocenters. The van der Waals surface area contributed by atoms with Crippen LogP contribution in [0.1, 0.15) is 118 Å². The molecule has 0 bridgehead atoms. The first-order valence-corrected chi connectivity index (χ1v) is 14.0. The molecular formula is C29H49NO. The Morgan fingerprint density at radius 1 is 0.774 bits per heavy atom. The second kappa shape index (κ2) is 8.05. The Morgan fingerprint density at radius 2 is 1.45 bits per heavy atom. The molecule has 0 aromatic carbocycles. The Hall–Kier alpha value is -0.530. The summed E-state index contributed by atoms with van der Waals surface area (Å²) in [4.78, 5) is 12.8. The highest BCUT2D eigenvalue weighted by Crippen LogP contribution is 2.71. The molecule has 5 fully saturated rings. The zero-order valence-electron chi connectivity index (χ0n) is 21.0. The first kappa shape index (κ1) is 22.3. The Labute approximate surface area is 192 Å². The molecule has 5 aliphatic carbocycles. The molecule has 2 nitrogen and oxygen atoms in total. The summed E-state index contributed by atoms with van der Waals surface area (Å²) in [5.74, 6) is 5.07. The van der Waals surface area contributed by atoms with Gasteiger partial charge in [-0.15, -0.1) is 0 Å². The third-order valence-corrected chi connectivity index (χ3v) is 12.2. The molecule has 5 rings (SSSR count). The summed E-state index contributed by atoms with van der Waals surface area (Å²) >= 11 is 0. The van der Waals surface area contributed by atoms with E-state index >= 15 is 0 Å². The number of nitrogens with one attached hydrogen (secondary N) is 1. The summed E-state index contributed by atoms with van der Waals surface area (Å²) < 4.78 is 0. The lowest BCUT2D eigenvalue weighted by molar-refractivity contribution is -0.193. The second-order valence-corrected chi connectivity index (χ2v) is 13.6. The summed E-state index contributed by atoms with van der Waals surface area (Å²) in [5.41, 5.74) is 1.54. The van der Waals surface area contributed by atoms with Crippen LogP contribution < -0.4 is 5.32 Å². The zero-order valence-corrected chi connectivity index (χ0v) is 21.0. The highest BCUT2D eigenvalue weighted by molar-refractivity contribution is 5.78. The van der Waals surface area contributed by atoms with Crippen LogP contribution in [0.3, 0.4) is 0 Å². The topological polar surface area (TPSA) is 29.1 Å². The van der Waals surface area contributed by atoms with Gasteiger partial charge in [0.25, 0.3) is 0 Å². The zero-order chi connectivity index (χ0) is 21.9. The van der Waals surface area contributed by atoms with Gasteiger partial charge in [-0.1, -0.05) is 53.4 Å². The minimum Gasteiger partial charge on any atom is -0.356 e. The van der Waals surface area contributed by atoms with Gasteiger partial charge in [0.15, 0.2) is 0 Å². The largest absolute Gasteiger partial charge is 0.356 e. The Kier molecular flexibility index (Phi) is 5.78. The van der Waals surface area contributed by atoms with Gasteiger partial charge in [0, 0.05) is 12.5 Å². The highest BCUT2D eigenvalue weighted by atomic mass is 16.1. The number of carbonyl (C=O) groups is 1. The number of fused-ring (bicyclic) bond motifs is 5. The highest BCUT2D eigenvalue weighted by Gasteiger charge is 2.63. The van der Waals surface area contributed by atoms with Crippen molar-refractivity contribution in [2.24, 2.45) is 51.8 Å². The van der Waals surface area contributed by atoms with E-state index in [9.17, 15) is 4.79 Å². The van der Waals surface area contributed by atoms with Crippen molar-refractivity contribution in [3.8, 4) is 0 Å². The number of carbonyl (C=O) groups excluding carboxylic acids is 1. The van der Waals surface area contributed by atoms with E-state index in [0.717, 1.165) is 43.1 Å². The lowest BCUT2D eigenvalue weighted by Gasteiger charge is -2.68. The van der Waals surface area contributed by atoms with E-state index in [0.29, 0.717) is 34.0 Å². The summed E-state index contributed by atoms with van der Waals surface area (Å²) in [6.07, 6.45) is 19.1. The van der Waals surface area contributed by atoms with E-state index < -0.39 is 0 Å². The van der Waals surface area contributed by atoms with Gasteiger partial charge in [0.1, 0.15) is 0 Å². The first-order chi connectivity index (χ1) is 14.8. The lowest BCUT2D eigenvalue weighted by Crippen LogP contribution is -2.61. The average molecular weight is 428 g/mol. The molecule has 0 aromatic rings. The summed E-state index contributed by atoms with van der Waals surface area (Å²) in [5, 5.41) is 3.46. The predicted molar refractivity (Wildman–Crippen MR) is 129 cm³/mol. The minimum absolute atomic E-state index is 0.310. The quantitative estimate of drug-likeness (QED) is 0.500. The van der Waals surface area contributed by atoms with Gasteiger partial charge in [-0.25, -0.2) is 0 Å². The molecule has 0 aromatic heterocycles. The van der Waals surface area contributed by atoms with Crippen molar-refractivity contribution in [1.82, 2.24) is 5.32 Å². The third kappa shape index (κ3) is 3.52. The van der Waals surface area contributed by atoms with Crippen LogP contribution in [0, 0.1) is 51.8 Å². The fourth-order valence-corrected chi connectivity index (χ4v) is 10.4. The smallest absolute Gasteiger partial charge is 0.223 e. The van der Waals surface area contributed by atoms with Crippen molar-refractivity contribution in [3.05, 3.63) is 0 Å². The molecule has 31 heavy (non-hydrogen) atoms. The van der Waals surface area contributed by atoms with E-state index in [2.05, 4.69) is 33.0 Å². The van der Waals surface area contributed by atoms with Gasteiger partial charge in [-0.2, -0.15) is 0 Å². The van der Waals surface area contributed by atoms with Crippen molar-refractivity contribution >= 4 is 5.91 Å². The van der Waals surface area contributed by atoms with Crippen LogP contribution in [-0.2, 0) is 4.79 Å². The Morgan fingerprint density at radius 3 is 2.23 bits per heavy atom. The summed E-state index contributed by atoms with van der Waals surface area (Å²) in [6, 6.07) is 0. The molecule has 0 aliphatic heterocycles. The van der Waals surface area contributed by atoms with Crippen LogP contribution in [0.4, 0.5) is 0 Å². The second-order valence-electron chi connectivity index (χ2n) is 13.6. The standard InChI is InChI=1S/C29H49NO/c1-20-12-15-27(2)22(18-20)13-16-29(4)24-11-7-10-23(28(24,3)17-14-25(27)29)19-30-26(31)21-8-5-6-9-21/h20-25H,5-19H2,1-4H3,(H,30,31)/t20-,22?,23+,24+,25+,27-,28+,29-/m0/s1. The first-order valence-electron chi connectivity index (χ1n) is 14.0. The van der Waals surface area contributed by atoms with Gasteiger partial charge in [0.2, 0.25) is 5.91 Å². The van der Waals surface area contributed by atoms with E-state index in [1.54, 1.807) is 0 Å². The monoisotopic (exact) mass is 427 g/mol. The maximum Gasteiger partial charge on any atom is 0.223 e. The van der Waals surface area contributed by atoms with Crippen molar-refractivity contribution in [1.29, 1.82) is 0 Å². The van der Waals surface area contributed by atoms with Crippen LogP contribution >= 0.6 is 0 Å². The molecule has 1 amide bonds. The van der Waals surface area contributed by atoms with Crippen LogP contribution in [0.2, 0.25) is 0 Å². The molecule has 0 heterocycles. The van der Waals surface area contributed by atoms with Crippen LogP contribution in [0.5, 0.6) is 0 Å². The number of hydrogen-bond donors (Lipinski definition) is 1. The fourth-order valence-electron chi connectivity index (χ4n) is 10.4. The lowest BCUT2D eigenvalue weighted by atomic mass is 9.36. The van der Waals surface area contributed by atoms with Crippen molar-refractivity contribution in [2.75, 3.05) is 6.54 Å². The van der Waals surface area contributed by atoms with E-state index in [1.807, 2.05) is 0 Å². The number of rotatable bonds is 3. The third-order valence-electron chi connectivity index (χ3n) is 12.2. The van der Waals surface area contributed by atoms with Gasteiger partial charge >= 0.3 is 0 Å². The van der Waals surface area contributed by atoms with E-state index in [4.69, 9.17) is 0 Å². The summed E-state index contributed by atoms with van der Waals surface area (Å²) in [7, 11) is 0. The number of amides is 1. The molecule has 0 saturated heterocycles. The molecule has 2 heteroatoms. The van der Waals surface area contributed by atoms with Gasteiger partial charge in [-0.3, -0.25) is 4.79 Å². The van der Waals surface area contributed by atoms with E-state index in [1.165, 1.54) is 77.0 Å². The normalized spacial score (nSPS) is 50.3. The number of hydrogen-bond acceptors (Lipinski definition) is 1. The Balaban J connectivity index is 1.33. The Bertz CT molecular complexity index is 682. The fraction of sp³-hybridized carbons (Fsp3) is 0.966. The summed E-state index contributed by atoms with van der Waals surface area (Å²) in [6.45, 7) is 11.5. The van der Waals surface area contributed by atoms with E-state index in [-0.39, 0.29) is 0 Å². The van der Waals surface area contributed by atoms with Gasteiger partial charge < -0.3 is 5.32 Å². The molecule has 8 atom stereocenters. The van der Waals surface area contributed by atoms with Crippen LogP contribution in [-0.4, -0.2) is 12.5 Å². The molecule has 0 radical (unpaired) electrons. The minimum atomic E-state index is 0.310. The van der Waals surface area contributed by atoms with Gasteiger partial charge in [-0.05, 0) is 110 Å². The van der Waals surface area contributed by atoms with Gasteiger partial charge in [0.05, 0.1) is 0 Å². The maximum atomic E-state index is 12.8. The molecule has 5 aliphatic rings. The predicted octanol–water partition coefficient (Wildman–Crippen LogP) is 7.37. The van der Waals surface area contributed by atoms with Crippen LogP contribution in [0.25, 0.3) is 0 Å². The molecule has 5 saturated carbocycles. The van der Waals surface area contributed by atoms with Crippen LogP contribution in [0.15, 0.2) is 0 Å². The van der Waals surface area contributed by atoms with Crippen molar-refractivity contribution in [3.63, 3.8) is 0 Å². The molecule has 176 valence electrons. The molecule has 1 N–H and O–H groups in total. The SMILES string of the molecule is C[C@H]1CC[C@@]2(C)C(CC[C@@]3(C)[C@@H]4CCC[C@H](CNC(=O)C5CCCC5)[C@@]4(C)CC[C@@H]32)C1. The molecular weight excluding hydrogens is 378 g/mol. The van der Waals surface area contributed by atoms with Crippen molar-refractivity contribution < 1.29 is 4.79 Å². The average Bonchev–Trinajstić information content (AvgIpc) is 3.28. The maximum absolute atomic E-state index is 12.8. The molecule has 0 spiro atoms.